The molecule has 0 saturated carbocycles. The third-order valence-corrected chi connectivity index (χ3v) is 3.13. The quantitative estimate of drug-likeness (QED) is 0.826. The highest BCUT2D eigenvalue weighted by atomic mass is 16.5. The molecule has 0 bridgehead atoms. The molecule has 7 nitrogen and oxygen atoms in total. The number of anilines is 2. The summed E-state index contributed by atoms with van der Waals surface area (Å²) in [5.41, 5.74) is 0.928. The summed E-state index contributed by atoms with van der Waals surface area (Å²) in [6, 6.07) is 3.63. The van der Waals surface area contributed by atoms with Crippen LogP contribution in [0.2, 0.25) is 0 Å². The minimum Gasteiger partial charge on any atom is -0.450 e. The highest BCUT2D eigenvalue weighted by molar-refractivity contribution is 5.83. The number of pyridine rings is 1. The van der Waals surface area contributed by atoms with Crippen LogP contribution in [0.25, 0.3) is 0 Å². The molecule has 0 radical (unpaired) electrons. The molecular formula is C14H22N4O3. The van der Waals surface area contributed by atoms with E-state index in [4.69, 9.17) is 9.47 Å². The first kappa shape index (κ1) is 15.5. The van der Waals surface area contributed by atoms with Gasteiger partial charge in [-0.15, -0.1) is 0 Å². The third-order valence-electron chi connectivity index (χ3n) is 3.13. The number of nitrogens with zero attached hydrogens (tertiary/aromatic N) is 2. The van der Waals surface area contributed by atoms with E-state index in [2.05, 4.69) is 20.5 Å². The molecule has 7 heteroatoms. The van der Waals surface area contributed by atoms with Crippen molar-refractivity contribution in [3.63, 3.8) is 0 Å². The Morgan fingerprint density at radius 2 is 2.24 bits per heavy atom. The van der Waals surface area contributed by atoms with Gasteiger partial charge in [-0.1, -0.05) is 0 Å². The van der Waals surface area contributed by atoms with Gasteiger partial charge >= 0.3 is 6.09 Å². The number of carbonyl (C=O) groups excluding carboxylic acids is 1. The number of ether oxygens (including phenoxy) is 2. The smallest absolute Gasteiger partial charge is 0.412 e. The van der Waals surface area contributed by atoms with Crippen LogP contribution >= 0.6 is 0 Å². The van der Waals surface area contributed by atoms with Gasteiger partial charge in [0.05, 0.1) is 31.7 Å². The van der Waals surface area contributed by atoms with Crippen LogP contribution < -0.4 is 10.6 Å². The van der Waals surface area contributed by atoms with E-state index < -0.39 is 6.09 Å². The fourth-order valence-corrected chi connectivity index (χ4v) is 2.03. The van der Waals surface area contributed by atoms with Gasteiger partial charge in [-0.25, -0.2) is 9.78 Å². The average molecular weight is 294 g/mol. The van der Waals surface area contributed by atoms with Crippen LogP contribution in [-0.2, 0) is 9.47 Å². The molecule has 2 heterocycles. The Bertz CT molecular complexity index is 432. The third kappa shape index (κ3) is 5.57. The van der Waals surface area contributed by atoms with Crippen molar-refractivity contribution in [2.75, 3.05) is 56.6 Å². The topological polar surface area (TPSA) is 75.7 Å². The molecule has 116 valence electrons. The number of morpholine rings is 1. The van der Waals surface area contributed by atoms with E-state index in [-0.39, 0.29) is 0 Å². The number of hydrogen-bond donors (Lipinski definition) is 2. The molecule has 1 aliphatic rings. The van der Waals surface area contributed by atoms with Gasteiger partial charge in [0, 0.05) is 26.2 Å². The van der Waals surface area contributed by atoms with Crippen LogP contribution in [0, 0.1) is 0 Å². The van der Waals surface area contributed by atoms with Crippen molar-refractivity contribution in [3.8, 4) is 0 Å². The molecule has 1 fully saturated rings. The number of carbonyl (C=O) groups is 1. The summed E-state index contributed by atoms with van der Waals surface area (Å²) in [4.78, 5) is 17.8. The first-order valence-electron chi connectivity index (χ1n) is 7.21. The highest BCUT2D eigenvalue weighted by Gasteiger charge is 2.09. The summed E-state index contributed by atoms with van der Waals surface area (Å²) in [5, 5.41) is 5.86. The van der Waals surface area contributed by atoms with Gasteiger partial charge in [0.15, 0.2) is 0 Å². The van der Waals surface area contributed by atoms with Gasteiger partial charge in [-0.3, -0.25) is 10.2 Å². The Kier molecular flexibility index (Phi) is 6.23. The summed E-state index contributed by atoms with van der Waals surface area (Å²) in [6.45, 7) is 7.54. The zero-order valence-corrected chi connectivity index (χ0v) is 12.3. The van der Waals surface area contributed by atoms with Crippen LogP contribution in [0.3, 0.4) is 0 Å². The normalized spacial score (nSPS) is 15.5. The molecule has 2 N–H and O–H groups in total. The van der Waals surface area contributed by atoms with Crippen molar-refractivity contribution in [2.45, 2.75) is 6.92 Å². The molecule has 0 unspecified atom stereocenters. The number of hydrogen-bond acceptors (Lipinski definition) is 6. The Morgan fingerprint density at radius 1 is 1.43 bits per heavy atom. The van der Waals surface area contributed by atoms with Gasteiger partial charge < -0.3 is 14.8 Å². The van der Waals surface area contributed by atoms with E-state index in [1.54, 1.807) is 19.2 Å². The molecule has 0 atom stereocenters. The zero-order chi connectivity index (χ0) is 14.9. The number of rotatable bonds is 6. The maximum atomic E-state index is 11.2. The fraction of sp³-hybridized carbons (Fsp3) is 0.571. The summed E-state index contributed by atoms with van der Waals surface area (Å²) in [7, 11) is 0. The summed E-state index contributed by atoms with van der Waals surface area (Å²) < 4.78 is 10.1. The van der Waals surface area contributed by atoms with Crippen molar-refractivity contribution in [1.82, 2.24) is 9.88 Å². The summed E-state index contributed by atoms with van der Waals surface area (Å²) in [6.07, 6.45) is 1.21. The van der Waals surface area contributed by atoms with Gasteiger partial charge in [0.2, 0.25) is 0 Å². The van der Waals surface area contributed by atoms with Crippen LogP contribution in [0.5, 0.6) is 0 Å². The largest absolute Gasteiger partial charge is 0.450 e. The standard InChI is InChI=1S/C14H22N4O3/c1-2-21-14(19)17-13-4-3-12(11-16-13)15-5-6-18-7-9-20-10-8-18/h3-4,11,15H,2,5-10H2,1H3,(H,16,17,19). The second-order valence-corrected chi connectivity index (χ2v) is 4.66. The Morgan fingerprint density at radius 3 is 2.90 bits per heavy atom. The molecular weight excluding hydrogens is 272 g/mol. The van der Waals surface area contributed by atoms with Gasteiger partial charge in [-0.05, 0) is 19.1 Å². The van der Waals surface area contributed by atoms with E-state index in [0.29, 0.717) is 12.4 Å². The van der Waals surface area contributed by atoms with Crippen molar-refractivity contribution in [3.05, 3.63) is 18.3 Å². The van der Waals surface area contributed by atoms with Crippen LogP contribution in [-0.4, -0.2) is 62.0 Å². The molecule has 1 amide bonds. The molecule has 0 aromatic carbocycles. The van der Waals surface area contributed by atoms with Gasteiger partial charge in [0.25, 0.3) is 0 Å². The highest BCUT2D eigenvalue weighted by Crippen LogP contribution is 2.09. The second-order valence-electron chi connectivity index (χ2n) is 4.66. The lowest BCUT2D eigenvalue weighted by molar-refractivity contribution is 0.0398. The molecule has 0 spiro atoms. The lowest BCUT2D eigenvalue weighted by Crippen LogP contribution is -2.39. The molecule has 1 aliphatic heterocycles. The van der Waals surface area contributed by atoms with E-state index in [9.17, 15) is 4.79 Å². The van der Waals surface area contributed by atoms with E-state index >= 15 is 0 Å². The number of nitrogens with one attached hydrogen (secondary N) is 2. The molecule has 21 heavy (non-hydrogen) atoms. The monoisotopic (exact) mass is 294 g/mol. The van der Waals surface area contributed by atoms with Crippen molar-refractivity contribution < 1.29 is 14.3 Å². The molecule has 1 aromatic heterocycles. The zero-order valence-electron chi connectivity index (χ0n) is 12.3. The van der Waals surface area contributed by atoms with Gasteiger partial charge in [-0.2, -0.15) is 0 Å². The van der Waals surface area contributed by atoms with Crippen molar-refractivity contribution in [1.29, 1.82) is 0 Å². The Hall–Kier alpha value is -1.86. The SMILES string of the molecule is CCOC(=O)Nc1ccc(NCCN2CCOCC2)cn1. The molecule has 2 rings (SSSR count). The minimum atomic E-state index is -0.488. The predicted molar refractivity (Wildman–Crippen MR) is 80.6 cm³/mol. The summed E-state index contributed by atoms with van der Waals surface area (Å²) in [5.74, 6) is 0.479. The van der Waals surface area contributed by atoms with Gasteiger partial charge in [0.1, 0.15) is 5.82 Å². The average Bonchev–Trinajstić information content (AvgIpc) is 2.50. The molecule has 1 saturated heterocycles. The lowest BCUT2D eigenvalue weighted by atomic mass is 10.3. The number of amides is 1. The second kappa shape index (κ2) is 8.43. The predicted octanol–water partition coefficient (Wildman–Crippen LogP) is 1.39. The first-order chi connectivity index (χ1) is 10.3. The molecule has 0 aliphatic carbocycles. The first-order valence-corrected chi connectivity index (χ1v) is 7.21. The molecule has 1 aromatic rings. The Balaban J connectivity index is 1.70. The van der Waals surface area contributed by atoms with Crippen LogP contribution in [0.1, 0.15) is 6.92 Å². The van der Waals surface area contributed by atoms with Crippen LogP contribution in [0.4, 0.5) is 16.3 Å². The Labute approximate surface area is 124 Å². The van der Waals surface area contributed by atoms with E-state index in [0.717, 1.165) is 45.1 Å². The maximum absolute atomic E-state index is 11.2. The van der Waals surface area contributed by atoms with E-state index in [1.165, 1.54) is 0 Å². The number of aromatic nitrogens is 1. The van der Waals surface area contributed by atoms with Crippen molar-refractivity contribution >= 4 is 17.6 Å². The fourth-order valence-electron chi connectivity index (χ4n) is 2.03. The van der Waals surface area contributed by atoms with Crippen molar-refractivity contribution in [2.24, 2.45) is 0 Å². The maximum Gasteiger partial charge on any atom is 0.412 e. The minimum absolute atomic E-state index is 0.340. The van der Waals surface area contributed by atoms with Crippen LogP contribution in [0.15, 0.2) is 18.3 Å². The lowest BCUT2D eigenvalue weighted by Gasteiger charge is -2.26. The summed E-state index contributed by atoms with van der Waals surface area (Å²) >= 11 is 0. The van der Waals surface area contributed by atoms with E-state index in [1.807, 2.05) is 6.07 Å².